The van der Waals surface area contributed by atoms with Crippen LogP contribution in [-0.2, 0) is 0 Å². The smallest absolute Gasteiger partial charge is 0.216 e. The molecule has 0 amide bonds. The molecule has 1 fully saturated rings. The van der Waals surface area contributed by atoms with Crippen molar-refractivity contribution in [1.29, 1.82) is 0 Å². The first-order valence-electron chi connectivity index (χ1n) is 7.67. The summed E-state index contributed by atoms with van der Waals surface area (Å²) in [7, 11) is 0. The topological polar surface area (TPSA) is 59.1 Å². The number of aromatic amines is 1. The molecule has 116 valence electrons. The van der Waals surface area contributed by atoms with E-state index >= 15 is 0 Å². The van der Waals surface area contributed by atoms with Crippen LogP contribution in [0.3, 0.4) is 0 Å². The molecule has 1 aliphatic rings. The van der Waals surface area contributed by atoms with E-state index in [0.717, 1.165) is 30.0 Å². The van der Waals surface area contributed by atoms with Gasteiger partial charge in [-0.25, -0.2) is 0 Å². The van der Waals surface area contributed by atoms with Crippen LogP contribution in [0.2, 0.25) is 0 Å². The summed E-state index contributed by atoms with van der Waals surface area (Å²) < 4.78 is 7.60. The van der Waals surface area contributed by atoms with E-state index in [0.29, 0.717) is 10.7 Å². The fourth-order valence-corrected chi connectivity index (χ4v) is 3.01. The third-order valence-corrected chi connectivity index (χ3v) is 4.20. The molecule has 2 aromatic rings. The Morgan fingerprint density at radius 3 is 3.00 bits per heavy atom. The molecule has 0 aliphatic heterocycles. The Bertz CT molecular complexity index is 718. The summed E-state index contributed by atoms with van der Waals surface area (Å²) in [6, 6.07) is 3.78. The zero-order valence-corrected chi connectivity index (χ0v) is 13.5. The summed E-state index contributed by atoms with van der Waals surface area (Å²) in [6.45, 7) is 1.98. The molecule has 1 N–H and O–H groups in total. The summed E-state index contributed by atoms with van der Waals surface area (Å²) in [6.07, 6.45) is 11.5. The third-order valence-electron chi connectivity index (χ3n) is 3.94. The van der Waals surface area contributed by atoms with Crippen LogP contribution in [0.1, 0.15) is 56.5 Å². The number of furan rings is 1. The predicted molar refractivity (Wildman–Crippen MR) is 89.5 cm³/mol. The van der Waals surface area contributed by atoms with E-state index in [1.807, 2.05) is 25.1 Å². The molecule has 5 nitrogen and oxygen atoms in total. The normalized spacial score (nSPS) is 17.4. The quantitative estimate of drug-likeness (QED) is 0.666. The average molecular weight is 316 g/mol. The summed E-state index contributed by atoms with van der Waals surface area (Å²) in [5, 5.41) is 11.8. The Hall–Kier alpha value is -1.95. The second-order valence-corrected chi connectivity index (χ2v) is 6.07. The van der Waals surface area contributed by atoms with E-state index in [9.17, 15) is 0 Å². The Labute approximate surface area is 134 Å². The van der Waals surface area contributed by atoms with E-state index in [1.165, 1.54) is 19.3 Å². The highest BCUT2D eigenvalue weighted by Gasteiger charge is 2.21. The highest BCUT2D eigenvalue weighted by molar-refractivity contribution is 7.71. The van der Waals surface area contributed by atoms with Crippen LogP contribution in [0.4, 0.5) is 0 Å². The number of hydrogen-bond donors (Lipinski definition) is 1. The number of nitrogens with zero attached hydrogens (tertiary/aromatic N) is 3. The second kappa shape index (κ2) is 6.87. The van der Waals surface area contributed by atoms with Crippen LogP contribution in [0.15, 0.2) is 33.5 Å². The van der Waals surface area contributed by atoms with Crippen LogP contribution in [0.5, 0.6) is 0 Å². The monoisotopic (exact) mass is 316 g/mol. The maximum absolute atomic E-state index is 5.30. The van der Waals surface area contributed by atoms with Gasteiger partial charge in [0.1, 0.15) is 5.76 Å². The van der Waals surface area contributed by atoms with Gasteiger partial charge in [-0.2, -0.15) is 14.9 Å². The Balaban J connectivity index is 1.81. The van der Waals surface area contributed by atoms with Crippen LogP contribution < -0.4 is 0 Å². The van der Waals surface area contributed by atoms with Crippen molar-refractivity contribution >= 4 is 24.5 Å². The van der Waals surface area contributed by atoms with Gasteiger partial charge in [-0.3, -0.25) is 5.10 Å². The van der Waals surface area contributed by atoms with Gasteiger partial charge < -0.3 is 4.42 Å². The van der Waals surface area contributed by atoms with Gasteiger partial charge in [0.25, 0.3) is 0 Å². The van der Waals surface area contributed by atoms with Gasteiger partial charge in [0.15, 0.2) is 5.82 Å². The Kier molecular flexibility index (Phi) is 4.68. The van der Waals surface area contributed by atoms with E-state index in [-0.39, 0.29) is 0 Å². The maximum Gasteiger partial charge on any atom is 0.216 e. The van der Waals surface area contributed by atoms with Crippen LogP contribution in [0.25, 0.3) is 6.08 Å². The van der Waals surface area contributed by atoms with E-state index in [1.54, 1.807) is 17.2 Å². The van der Waals surface area contributed by atoms with Gasteiger partial charge in [-0.05, 0) is 55.8 Å². The van der Waals surface area contributed by atoms with Crippen LogP contribution >= 0.6 is 12.2 Å². The summed E-state index contributed by atoms with van der Waals surface area (Å²) in [5.41, 5.74) is 0.993. The van der Waals surface area contributed by atoms with Gasteiger partial charge in [0.2, 0.25) is 4.77 Å². The average Bonchev–Trinajstić information content (AvgIpc) is 3.16. The Morgan fingerprint density at radius 2 is 2.27 bits per heavy atom. The second-order valence-electron chi connectivity index (χ2n) is 5.68. The number of rotatable bonds is 4. The van der Waals surface area contributed by atoms with Gasteiger partial charge in [-0.15, -0.1) is 0 Å². The molecule has 2 aromatic heterocycles. The number of allylic oxidation sites excluding steroid dienone is 1. The number of nitrogens with one attached hydrogen (secondary N) is 1. The molecule has 1 saturated carbocycles. The largest absolute Gasteiger partial charge is 0.465 e. The van der Waals surface area contributed by atoms with Crippen molar-refractivity contribution in [2.45, 2.75) is 44.9 Å². The highest BCUT2D eigenvalue weighted by Crippen LogP contribution is 2.31. The zero-order chi connectivity index (χ0) is 15.4. The number of aromatic nitrogens is 3. The van der Waals surface area contributed by atoms with Crippen molar-refractivity contribution in [2.75, 3.05) is 0 Å². The molecule has 0 atom stereocenters. The molecule has 0 unspecified atom stereocenters. The minimum Gasteiger partial charge on any atom is -0.465 e. The van der Waals surface area contributed by atoms with Gasteiger partial charge >= 0.3 is 0 Å². The SMILES string of the molecule is C/C(C=Nn1c(C2CCCCC2)n[nH]c1=S)=C\c1ccco1. The molecule has 1 aliphatic carbocycles. The molecule has 0 spiro atoms. The van der Waals surface area contributed by atoms with Crippen molar-refractivity contribution < 1.29 is 4.42 Å². The molecule has 0 radical (unpaired) electrons. The van der Waals surface area contributed by atoms with E-state index in [4.69, 9.17) is 16.6 Å². The lowest BCUT2D eigenvalue weighted by Crippen LogP contribution is -2.10. The molecule has 0 bridgehead atoms. The highest BCUT2D eigenvalue weighted by atomic mass is 32.1. The van der Waals surface area contributed by atoms with Gasteiger partial charge in [-0.1, -0.05) is 19.3 Å². The fourth-order valence-electron chi connectivity index (χ4n) is 2.82. The van der Waals surface area contributed by atoms with E-state index < -0.39 is 0 Å². The number of H-pyrrole nitrogens is 1. The summed E-state index contributed by atoms with van der Waals surface area (Å²) >= 11 is 5.30. The first kappa shape index (κ1) is 15.0. The van der Waals surface area contributed by atoms with Crippen molar-refractivity contribution in [3.8, 4) is 0 Å². The van der Waals surface area contributed by atoms with Gasteiger partial charge in [0.05, 0.1) is 12.5 Å². The first-order valence-corrected chi connectivity index (χ1v) is 8.08. The zero-order valence-electron chi connectivity index (χ0n) is 12.7. The maximum atomic E-state index is 5.30. The predicted octanol–water partition coefficient (Wildman–Crippen LogP) is 4.52. The van der Waals surface area contributed by atoms with E-state index in [2.05, 4.69) is 15.3 Å². The van der Waals surface area contributed by atoms with Crippen LogP contribution in [0, 0.1) is 4.77 Å². The van der Waals surface area contributed by atoms with Crippen molar-refractivity contribution in [2.24, 2.45) is 5.10 Å². The molecule has 0 saturated heterocycles. The Morgan fingerprint density at radius 1 is 1.45 bits per heavy atom. The van der Waals surface area contributed by atoms with Crippen molar-refractivity contribution in [3.05, 3.63) is 40.3 Å². The van der Waals surface area contributed by atoms with Gasteiger partial charge in [0, 0.05) is 5.92 Å². The standard InChI is InChI=1S/C16H20N4OS/c1-12(10-14-8-5-9-21-14)11-17-20-15(18-19-16(20)22)13-6-3-2-4-7-13/h5,8-11,13H,2-4,6-7H2,1H3,(H,19,22)/b12-10+,17-11?. The molecule has 2 heterocycles. The lowest BCUT2D eigenvalue weighted by molar-refractivity contribution is 0.419. The lowest BCUT2D eigenvalue weighted by Gasteiger charge is -2.19. The molecular formula is C16H20N4OS. The molecule has 0 aromatic carbocycles. The van der Waals surface area contributed by atoms with Crippen LogP contribution in [-0.4, -0.2) is 21.1 Å². The van der Waals surface area contributed by atoms with Crippen molar-refractivity contribution in [1.82, 2.24) is 14.9 Å². The minimum atomic E-state index is 0.452. The number of hydrogen-bond acceptors (Lipinski definition) is 4. The first-order chi connectivity index (χ1) is 10.7. The summed E-state index contributed by atoms with van der Waals surface area (Å²) in [5.74, 6) is 2.22. The molecular weight excluding hydrogens is 296 g/mol. The fraction of sp³-hybridized carbons (Fsp3) is 0.438. The molecule has 3 rings (SSSR count). The third kappa shape index (κ3) is 3.44. The van der Waals surface area contributed by atoms with Crippen molar-refractivity contribution in [3.63, 3.8) is 0 Å². The summed E-state index contributed by atoms with van der Waals surface area (Å²) in [4.78, 5) is 0. The molecule has 22 heavy (non-hydrogen) atoms. The molecule has 6 heteroatoms. The lowest BCUT2D eigenvalue weighted by atomic mass is 9.89. The minimum absolute atomic E-state index is 0.452.